The molecule has 0 saturated heterocycles. The molecule has 0 aromatic carbocycles. The van der Waals surface area contributed by atoms with Crippen LogP contribution >= 0.6 is 11.3 Å². The van der Waals surface area contributed by atoms with Gasteiger partial charge in [0.15, 0.2) is 5.82 Å². The van der Waals surface area contributed by atoms with E-state index in [2.05, 4.69) is 36.3 Å². The highest BCUT2D eigenvalue weighted by Crippen LogP contribution is 2.17. The molecule has 2 heterocycles. The molecule has 0 saturated carbocycles. The minimum absolute atomic E-state index is 0.0563. The van der Waals surface area contributed by atoms with E-state index in [1.54, 1.807) is 28.3 Å². The third-order valence-corrected chi connectivity index (χ3v) is 3.96. The fourth-order valence-electron chi connectivity index (χ4n) is 1.98. The van der Waals surface area contributed by atoms with Crippen molar-refractivity contribution in [3.63, 3.8) is 0 Å². The Kier molecular flexibility index (Phi) is 4.37. The van der Waals surface area contributed by atoms with Gasteiger partial charge in [0.05, 0.1) is 0 Å². The molecule has 1 N–H and O–H groups in total. The number of hydrogen-bond acceptors (Lipinski definition) is 4. The van der Waals surface area contributed by atoms with Crippen molar-refractivity contribution in [3.8, 4) is 0 Å². The maximum Gasteiger partial charge on any atom is 0.293 e. The molecule has 0 aliphatic heterocycles. The summed E-state index contributed by atoms with van der Waals surface area (Å²) in [6, 6.07) is 4.45. The third kappa shape index (κ3) is 3.44. The molecule has 0 aliphatic carbocycles. The van der Waals surface area contributed by atoms with Gasteiger partial charge < -0.3 is 9.88 Å². The molecule has 1 unspecified atom stereocenters. The van der Waals surface area contributed by atoms with Crippen molar-refractivity contribution >= 4 is 17.2 Å². The zero-order valence-electron chi connectivity index (χ0n) is 11.5. The second-order valence-electron chi connectivity index (χ2n) is 4.63. The maximum absolute atomic E-state index is 12.0. The summed E-state index contributed by atoms with van der Waals surface area (Å²) in [6.07, 6.45) is 4.27. The fourth-order valence-corrected chi connectivity index (χ4v) is 3.00. The first-order chi connectivity index (χ1) is 9.10. The lowest BCUT2D eigenvalue weighted by Crippen LogP contribution is -2.28. The van der Waals surface area contributed by atoms with Crippen molar-refractivity contribution in [2.24, 2.45) is 0 Å². The number of nitrogens with zero attached hydrogens (tertiary/aromatic N) is 2. The van der Waals surface area contributed by atoms with Gasteiger partial charge in [-0.2, -0.15) is 0 Å². The maximum atomic E-state index is 12.0. The van der Waals surface area contributed by atoms with Crippen LogP contribution in [0.1, 0.15) is 23.6 Å². The predicted octanol–water partition coefficient (Wildman–Crippen LogP) is 2.68. The van der Waals surface area contributed by atoms with Crippen LogP contribution in [0.3, 0.4) is 0 Å². The number of anilines is 1. The van der Waals surface area contributed by atoms with E-state index in [1.165, 1.54) is 9.75 Å². The van der Waals surface area contributed by atoms with Crippen molar-refractivity contribution < 1.29 is 0 Å². The van der Waals surface area contributed by atoms with Gasteiger partial charge in [0.2, 0.25) is 0 Å². The smallest absolute Gasteiger partial charge is 0.293 e. The van der Waals surface area contributed by atoms with Gasteiger partial charge in [-0.3, -0.25) is 4.79 Å². The van der Waals surface area contributed by atoms with Crippen molar-refractivity contribution in [3.05, 3.63) is 44.6 Å². The van der Waals surface area contributed by atoms with Gasteiger partial charge in [-0.1, -0.05) is 0 Å². The molecule has 0 bridgehead atoms. The summed E-state index contributed by atoms with van der Waals surface area (Å²) in [4.78, 5) is 18.8. The van der Waals surface area contributed by atoms with E-state index in [-0.39, 0.29) is 11.6 Å². The van der Waals surface area contributed by atoms with E-state index in [9.17, 15) is 4.79 Å². The van der Waals surface area contributed by atoms with Crippen LogP contribution in [0, 0.1) is 6.92 Å². The summed E-state index contributed by atoms with van der Waals surface area (Å²) in [7, 11) is 0. The predicted molar refractivity (Wildman–Crippen MR) is 80.0 cm³/mol. The number of thiophene rings is 1. The van der Waals surface area contributed by atoms with E-state index < -0.39 is 0 Å². The number of aromatic nitrogens is 2. The lowest BCUT2D eigenvalue weighted by Gasteiger charge is -2.13. The van der Waals surface area contributed by atoms with Gasteiger partial charge in [0.25, 0.3) is 5.56 Å². The lowest BCUT2D eigenvalue weighted by molar-refractivity contribution is 0.710. The van der Waals surface area contributed by atoms with Crippen LogP contribution in [0.5, 0.6) is 0 Å². The quantitative estimate of drug-likeness (QED) is 0.914. The summed E-state index contributed by atoms with van der Waals surface area (Å²) in [6.45, 7) is 6.78. The van der Waals surface area contributed by atoms with Crippen LogP contribution in [0.2, 0.25) is 0 Å². The SMILES string of the molecule is CCn1ccnc(NC(C)Cc2ccc(C)s2)c1=O. The minimum Gasteiger partial charge on any atom is -0.363 e. The normalized spacial score (nSPS) is 12.4. The summed E-state index contributed by atoms with van der Waals surface area (Å²) in [5.74, 6) is 0.435. The first-order valence-electron chi connectivity index (χ1n) is 6.47. The Morgan fingerprint density at radius 3 is 2.89 bits per heavy atom. The summed E-state index contributed by atoms with van der Waals surface area (Å²) < 4.78 is 1.65. The van der Waals surface area contributed by atoms with Gasteiger partial charge in [0, 0.05) is 41.2 Å². The number of hydrogen-bond donors (Lipinski definition) is 1. The van der Waals surface area contributed by atoms with Crippen LogP contribution < -0.4 is 10.9 Å². The first-order valence-corrected chi connectivity index (χ1v) is 7.29. The highest BCUT2D eigenvalue weighted by Gasteiger charge is 2.09. The molecule has 4 nitrogen and oxygen atoms in total. The molecule has 19 heavy (non-hydrogen) atoms. The number of nitrogens with one attached hydrogen (secondary N) is 1. The summed E-state index contributed by atoms with van der Waals surface area (Å²) in [5, 5.41) is 3.20. The van der Waals surface area contributed by atoms with E-state index in [4.69, 9.17) is 0 Å². The Labute approximate surface area is 117 Å². The molecule has 2 aromatic heterocycles. The van der Waals surface area contributed by atoms with E-state index in [0.717, 1.165) is 6.42 Å². The molecule has 5 heteroatoms. The van der Waals surface area contributed by atoms with Gasteiger partial charge in [-0.15, -0.1) is 11.3 Å². The molecule has 1 atom stereocenters. The van der Waals surface area contributed by atoms with Crippen molar-refractivity contribution in [1.29, 1.82) is 0 Å². The summed E-state index contributed by atoms with van der Waals surface area (Å²) in [5.41, 5.74) is -0.0563. The van der Waals surface area contributed by atoms with Gasteiger partial charge in [-0.25, -0.2) is 4.98 Å². The topological polar surface area (TPSA) is 46.9 Å². The fraction of sp³-hybridized carbons (Fsp3) is 0.429. The third-order valence-electron chi connectivity index (χ3n) is 2.94. The molecular weight excluding hydrogens is 258 g/mol. The highest BCUT2D eigenvalue weighted by molar-refractivity contribution is 7.11. The second-order valence-corrected chi connectivity index (χ2v) is 6.00. The molecule has 102 valence electrons. The van der Waals surface area contributed by atoms with Crippen LogP contribution in [-0.2, 0) is 13.0 Å². The molecule has 2 rings (SSSR count). The van der Waals surface area contributed by atoms with Crippen LogP contribution in [-0.4, -0.2) is 15.6 Å². The van der Waals surface area contributed by atoms with E-state index in [0.29, 0.717) is 12.4 Å². The first kappa shape index (κ1) is 13.8. The van der Waals surface area contributed by atoms with Crippen molar-refractivity contribution in [2.75, 3.05) is 5.32 Å². The molecule has 2 aromatic rings. The Morgan fingerprint density at radius 2 is 2.26 bits per heavy atom. The zero-order valence-corrected chi connectivity index (χ0v) is 12.3. The van der Waals surface area contributed by atoms with Crippen molar-refractivity contribution in [2.45, 2.75) is 39.8 Å². The standard InChI is InChI=1S/C14H19N3OS/c1-4-17-8-7-15-13(14(17)18)16-10(2)9-12-6-5-11(3)19-12/h5-8,10H,4,9H2,1-3H3,(H,15,16). The van der Waals surface area contributed by atoms with Gasteiger partial charge in [-0.05, 0) is 32.9 Å². The Balaban J connectivity index is 2.06. The molecular formula is C14H19N3OS. The largest absolute Gasteiger partial charge is 0.363 e. The lowest BCUT2D eigenvalue weighted by atomic mass is 10.2. The number of rotatable bonds is 5. The number of aryl methyl sites for hydroxylation is 2. The molecule has 0 aliphatic rings. The van der Waals surface area contributed by atoms with E-state index >= 15 is 0 Å². The average Bonchev–Trinajstić information content (AvgIpc) is 2.77. The minimum atomic E-state index is -0.0563. The molecule has 0 amide bonds. The summed E-state index contributed by atoms with van der Waals surface area (Å²) >= 11 is 1.79. The molecule has 0 spiro atoms. The van der Waals surface area contributed by atoms with Crippen LogP contribution in [0.25, 0.3) is 0 Å². The second kappa shape index (κ2) is 6.02. The Bertz CT molecular complexity index is 603. The Morgan fingerprint density at radius 1 is 1.47 bits per heavy atom. The average molecular weight is 277 g/mol. The molecule has 0 radical (unpaired) electrons. The van der Waals surface area contributed by atoms with Gasteiger partial charge >= 0.3 is 0 Å². The highest BCUT2D eigenvalue weighted by atomic mass is 32.1. The van der Waals surface area contributed by atoms with Crippen LogP contribution in [0.15, 0.2) is 29.3 Å². The zero-order chi connectivity index (χ0) is 13.8. The van der Waals surface area contributed by atoms with E-state index in [1.807, 2.05) is 6.92 Å². The molecule has 0 fully saturated rings. The monoisotopic (exact) mass is 277 g/mol. The van der Waals surface area contributed by atoms with Crippen molar-refractivity contribution in [1.82, 2.24) is 9.55 Å². The van der Waals surface area contributed by atoms with Crippen LogP contribution in [0.4, 0.5) is 5.82 Å². The Hall–Kier alpha value is -1.62. The van der Waals surface area contributed by atoms with Gasteiger partial charge in [0.1, 0.15) is 0 Å².